The van der Waals surface area contributed by atoms with E-state index in [1.54, 1.807) is 39.8 Å². The Morgan fingerprint density at radius 2 is 1.42 bits per heavy atom. The van der Waals surface area contributed by atoms with Gasteiger partial charge in [-0.1, -0.05) is 26.0 Å². The summed E-state index contributed by atoms with van der Waals surface area (Å²) in [5, 5.41) is 0. The number of ether oxygens (including phenoxy) is 5. The fourth-order valence-electron chi connectivity index (χ4n) is 3.23. The lowest BCUT2D eigenvalue weighted by Gasteiger charge is -2.17. The molecule has 0 saturated carbocycles. The highest BCUT2D eigenvalue weighted by Gasteiger charge is 2.48. The number of esters is 2. The molecule has 3 atom stereocenters. The Balaban J connectivity index is 1.75. The van der Waals surface area contributed by atoms with Crippen molar-refractivity contribution in [2.45, 2.75) is 78.3 Å². The minimum Gasteiger partial charge on any atom is -0.475 e. The second kappa shape index (κ2) is 9.78. The smallest absolute Gasteiger partial charge is 0.339 e. The molecule has 1 aromatic carbocycles. The van der Waals surface area contributed by atoms with Gasteiger partial charge in [0.15, 0.2) is 18.5 Å². The van der Waals surface area contributed by atoms with Crippen molar-refractivity contribution in [3.8, 4) is 0 Å². The summed E-state index contributed by atoms with van der Waals surface area (Å²) in [7, 11) is 0. The van der Waals surface area contributed by atoms with Crippen LogP contribution in [0.15, 0.2) is 29.3 Å². The Kier molecular flexibility index (Phi) is 7.33. The Bertz CT molecular complexity index is 786. The van der Waals surface area contributed by atoms with Crippen LogP contribution in [0.25, 0.3) is 0 Å². The third kappa shape index (κ3) is 5.62. The van der Waals surface area contributed by atoms with E-state index in [1.165, 1.54) is 0 Å². The molecule has 0 aliphatic carbocycles. The van der Waals surface area contributed by atoms with Gasteiger partial charge in [-0.2, -0.15) is 0 Å². The summed E-state index contributed by atoms with van der Waals surface area (Å²) in [6.07, 6.45) is -4.00. The molecule has 1 saturated heterocycles. The summed E-state index contributed by atoms with van der Waals surface area (Å²) < 4.78 is 27.7. The van der Waals surface area contributed by atoms with Gasteiger partial charge in [0.1, 0.15) is 6.61 Å². The Labute approximate surface area is 182 Å². The monoisotopic (exact) mass is 433 g/mol. The average Bonchev–Trinajstić information content (AvgIpc) is 3.35. The fourth-order valence-corrected chi connectivity index (χ4v) is 3.23. The van der Waals surface area contributed by atoms with Gasteiger partial charge in [0, 0.05) is 11.1 Å². The van der Waals surface area contributed by atoms with Crippen molar-refractivity contribution in [1.82, 2.24) is 0 Å². The normalized spacial score (nSPS) is 23.9. The van der Waals surface area contributed by atoms with Crippen LogP contribution in [0.4, 0.5) is 0 Å². The van der Waals surface area contributed by atoms with E-state index >= 15 is 0 Å². The molecule has 0 amide bonds. The first kappa shape index (κ1) is 23.2. The molecule has 1 fully saturated rings. The maximum absolute atomic E-state index is 12.5. The molecule has 8 heteroatoms. The van der Waals surface area contributed by atoms with Gasteiger partial charge >= 0.3 is 11.9 Å². The van der Waals surface area contributed by atoms with Crippen molar-refractivity contribution < 1.29 is 33.3 Å². The van der Waals surface area contributed by atoms with Gasteiger partial charge in [0.05, 0.1) is 18.2 Å². The second-order valence-electron chi connectivity index (χ2n) is 8.60. The maximum atomic E-state index is 12.5. The predicted octanol–water partition coefficient (Wildman–Crippen LogP) is 3.17. The van der Waals surface area contributed by atoms with Crippen molar-refractivity contribution in [2.75, 3.05) is 6.61 Å². The van der Waals surface area contributed by atoms with Gasteiger partial charge in [0.2, 0.25) is 5.90 Å². The molecule has 8 nitrogen and oxygen atoms in total. The van der Waals surface area contributed by atoms with Crippen LogP contribution >= 0.6 is 0 Å². The van der Waals surface area contributed by atoms with E-state index in [0.29, 0.717) is 24.0 Å². The lowest BCUT2D eigenvalue weighted by molar-refractivity contribution is -0.167. The molecule has 170 valence electrons. The summed E-state index contributed by atoms with van der Waals surface area (Å²) >= 11 is 0. The standard InChI is InChI=1S/C23H31NO7/c1-12(2)17-11-27-20(24-17)15-7-9-16(10-8-15)23-30-18(21(25)28-13(3)4)19(31-23)22(26)29-14(5)6/h7-10,12-14,17-19,23H,11H2,1-6H3/t17-,18-,19-/m1/s1. The Morgan fingerprint density at radius 3 is 1.84 bits per heavy atom. The Hall–Kier alpha value is -2.45. The van der Waals surface area contributed by atoms with Gasteiger partial charge < -0.3 is 23.7 Å². The largest absolute Gasteiger partial charge is 0.475 e. The van der Waals surface area contributed by atoms with Crippen LogP contribution in [0.5, 0.6) is 0 Å². The quantitative estimate of drug-likeness (QED) is 0.610. The number of rotatable bonds is 7. The molecular weight excluding hydrogens is 402 g/mol. The minimum atomic E-state index is -1.20. The molecule has 0 N–H and O–H groups in total. The van der Waals surface area contributed by atoms with Crippen molar-refractivity contribution in [3.05, 3.63) is 35.4 Å². The zero-order valence-electron chi connectivity index (χ0n) is 18.9. The van der Waals surface area contributed by atoms with E-state index in [4.69, 9.17) is 23.7 Å². The number of benzene rings is 1. The number of aliphatic imine (C=N–C) groups is 1. The third-order valence-corrected chi connectivity index (χ3v) is 4.86. The van der Waals surface area contributed by atoms with Crippen molar-refractivity contribution in [2.24, 2.45) is 10.9 Å². The molecule has 0 radical (unpaired) electrons. The summed E-state index contributed by atoms with van der Waals surface area (Å²) in [5.74, 6) is -0.307. The van der Waals surface area contributed by atoms with Gasteiger partial charge in [-0.3, -0.25) is 0 Å². The summed E-state index contributed by atoms with van der Waals surface area (Å²) in [6.45, 7) is 11.7. The number of nitrogens with zero attached hydrogens (tertiary/aromatic N) is 1. The second-order valence-corrected chi connectivity index (χ2v) is 8.60. The molecular formula is C23H31NO7. The van der Waals surface area contributed by atoms with Crippen LogP contribution < -0.4 is 0 Å². The minimum absolute atomic E-state index is 0.150. The molecule has 2 aliphatic rings. The van der Waals surface area contributed by atoms with E-state index in [0.717, 1.165) is 5.56 Å². The third-order valence-electron chi connectivity index (χ3n) is 4.86. The molecule has 0 spiro atoms. The molecule has 1 aromatic rings. The SMILES string of the molecule is CC(C)OC(=O)[C@@H]1OC(c2ccc(C3=N[C@@H](C(C)C)CO3)cc2)O[C@H]1C(=O)OC(C)C. The molecule has 3 rings (SSSR count). The van der Waals surface area contributed by atoms with Gasteiger partial charge in [-0.15, -0.1) is 0 Å². The van der Waals surface area contributed by atoms with Crippen molar-refractivity contribution >= 4 is 17.8 Å². The number of carbonyl (C=O) groups excluding carboxylic acids is 2. The topological polar surface area (TPSA) is 92.7 Å². The van der Waals surface area contributed by atoms with Gasteiger partial charge in [0.25, 0.3) is 0 Å². The Morgan fingerprint density at radius 1 is 0.903 bits per heavy atom. The van der Waals surface area contributed by atoms with Crippen LogP contribution in [0, 0.1) is 5.92 Å². The van der Waals surface area contributed by atoms with Crippen LogP contribution in [0.1, 0.15) is 59.0 Å². The van der Waals surface area contributed by atoms with Crippen molar-refractivity contribution in [1.29, 1.82) is 0 Å². The summed E-state index contributed by atoms with van der Waals surface area (Å²) in [6, 6.07) is 7.46. The lowest BCUT2D eigenvalue weighted by Crippen LogP contribution is -2.40. The van der Waals surface area contributed by atoms with Crippen LogP contribution in [0.3, 0.4) is 0 Å². The highest BCUT2D eigenvalue weighted by Crippen LogP contribution is 2.33. The van der Waals surface area contributed by atoms with Gasteiger partial charge in [-0.25, -0.2) is 14.6 Å². The maximum Gasteiger partial charge on any atom is 0.339 e. The first-order valence-corrected chi connectivity index (χ1v) is 10.7. The van der Waals surface area contributed by atoms with Crippen LogP contribution in [-0.2, 0) is 33.3 Å². The van der Waals surface area contributed by atoms with Crippen molar-refractivity contribution in [3.63, 3.8) is 0 Å². The first-order valence-electron chi connectivity index (χ1n) is 10.7. The zero-order valence-corrected chi connectivity index (χ0v) is 18.9. The van der Waals surface area contributed by atoms with E-state index in [-0.39, 0.29) is 18.2 Å². The predicted molar refractivity (Wildman–Crippen MR) is 113 cm³/mol. The van der Waals surface area contributed by atoms with E-state index in [1.807, 2.05) is 12.1 Å². The zero-order chi connectivity index (χ0) is 22.7. The number of hydrogen-bond donors (Lipinski definition) is 0. The molecule has 2 heterocycles. The van der Waals surface area contributed by atoms with Crippen LogP contribution in [0.2, 0.25) is 0 Å². The van der Waals surface area contributed by atoms with E-state index in [2.05, 4.69) is 18.8 Å². The van der Waals surface area contributed by atoms with Crippen LogP contribution in [-0.4, -0.2) is 54.9 Å². The summed E-state index contributed by atoms with van der Waals surface area (Å²) in [4.78, 5) is 29.6. The van der Waals surface area contributed by atoms with Gasteiger partial charge in [-0.05, 0) is 45.7 Å². The average molecular weight is 434 g/mol. The van der Waals surface area contributed by atoms with E-state index < -0.39 is 30.4 Å². The molecule has 2 aliphatic heterocycles. The molecule has 0 bridgehead atoms. The first-order chi connectivity index (χ1) is 14.7. The lowest BCUT2D eigenvalue weighted by atomic mass is 10.1. The number of hydrogen-bond acceptors (Lipinski definition) is 8. The molecule has 0 aromatic heterocycles. The highest BCUT2D eigenvalue weighted by atomic mass is 16.8. The van der Waals surface area contributed by atoms with E-state index in [9.17, 15) is 9.59 Å². The molecule has 0 unspecified atom stereocenters. The highest BCUT2D eigenvalue weighted by molar-refractivity contribution is 5.95. The number of carbonyl (C=O) groups is 2. The summed E-state index contributed by atoms with van der Waals surface area (Å²) in [5.41, 5.74) is 1.50. The molecule has 31 heavy (non-hydrogen) atoms. The fraction of sp³-hybridized carbons (Fsp3) is 0.609.